The van der Waals surface area contributed by atoms with Crippen molar-refractivity contribution in [2.24, 2.45) is 0 Å². The zero-order chi connectivity index (χ0) is 72.0. The summed E-state index contributed by atoms with van der Waals surface area (Å²) in [6, 6.07) is 76.1. The van der Waals surface area contributed by atoms with Gasteiger partial charge in [0.2, 0.25) is 0 Å². The standard InChI is InChI=1S/2C25H24NS.C22H18NS.3C5H8O2.3Ir/c1-16(2)20-11-8-12-21(17(3)4)24(20)23-15-19-13-14-22(26-25(19)27-23)18-9-6-5-7-10-18;1-16(2)20-12-21(17(3)4)14-22(13-20)24-15-19-10-11-23(26-25(19)27-24)18-8-6-5-7-9-18;1-15(2)16-8-10-18(11-9-16)21-14-19-12-13-20(23-22(19)24-21)17-6-4-3-5-7-17;3*1-4(6)3-5(2)7;;;/h5-9,11-17H,1-4H3;5-8,10-17H,1-4H3;3-6,8-15H,1-2H3;3*3,6H,1-2H3;;;/q3*-1;;;;;;. The number of pyridine rings is 3. The maximum absolute atomic E-state index is 10.0. The first-order valence-electron chi connectivity index (χ1n) is 33.3. The Hall–Kier alpha value is -7.77. The first-order valence-corrected chi connectivity index (χ1v) is 35.7. The van der Waals surface area contributed by atoms with Gasteiger partial charge >= 0.3 is 0 Å². The van der Waals surface area contributed by atoms with Crippen LogP contribution >= 0.6 is 34.0 Å². The van der Waals surface area contributed by atoms with Gasteiger partial charge in [-0.3, -0.25) is 29.3 Å². The summed E-state index contributed by atoms with van der Waals surface area (Å²) in [5.41, 5.74) is 17.1. The fraction of sp³-hybridized carbons (Fsp3) is 0.241. The average molecular weight is 1950 g/mol. The SMILES string of the molecule is CC(=O)C=C(C)O.CC(=O)C=C(C)O.CC(=O)C=C(C)O.CC(C)c1cc(-c2cc3ccc(-c4[c-]cccc4)nc3s2)cc(C(C)C)c1.CC(C)c1ccc(-c2cc3ccc(-c4[c-]cccc4)nc3s2)cc1.CC(C)c1cccc(C(C)C)c1-c1cc2ccc(-c3[c-]cccc3)nc2s1.[Ir].[Ir].[Ir]. The van der Waals surface area contributed by atoms with Gasteiger partial charge in [-0.05, 0) is 151 Å². The van der Waals surface area contributed by atoms with Gasteiger partial charge in [-0.15, -0.1) is 142 Å². The van der Waals surface area contributed by atoms with E-state index in [0.29, 0.717) is 29.6 Å². The zero-order valence-corrected chi connectivity index (χ0v) is 70.3. The van der Waals surface area contributed by atoms with E-state index in [9.17, 15) is 14.4 Å². The smallest absolute Gasteiger partial charge is 0.155 e. The number of ketones is 3. The monoisotopic (exact) mass is 1950 g/mol. The first kappa shape index (κ1) is 86.6. The Morgan fingerprint density at radius 3 is 0.961 bits per heavy atom. The topological polar surface area (TPSA) is 151 Å². The molecule has 0 unspecified atom stereocenters. The molecule has 537 valence electrons. The van der Waals surface area contributed by atoms with Crippen molar-refractivity contribution in [3.05, 3.63) is 270 Å². The molecule has 6 aromatic heterocycles. The maximum Gasteiger partial charge on any atom is 0.155 e. The van der Waals surface area contributed by atoms with Gasteiger partial charge in [-0.25, -0.2) is 0 Å². The molecule has 0 amide bonds. The molecular formula is C87H90Ir3N3O6S3-3. The molecule has 12 rings (SSSR count). The van der Waals surface area contributed by atoms with Crippen LogP contribution < -0.4 is 0 Å². The molecule has 0 saturated carbocycles. The normalized spacial score (nSPS) is 11.2. The van der Waals surface area contributed by atoms with E-state index in [1.807, 2.05) is 60.7 Å². The van der Waals surface area contributed by atoms with Crippen molar-refractivity contribution < 1.29 is 90.0 Å². The molecule has 0 aliphatic rings. The Morgan fingerprint density at radius 2 is 0.676 bits per heavy atom. The Labute approximate surface area is 656 Å². The number of aliphatic hydroxyl groups excluding tert-OH is 3. The first-order chi connectivity index (χ1) is 47.1. The van der Waals surface area contributed by atoms with Crippen LogP contribution in [-0.4, -0.2) is 47.6 Å². The number of benzene rings is 6. The van der Waals surface area contributed by atoms with Gasteiger partial charge in [0.05, 0.1) is 17.3 Å². The fourth-order valence-electron chi connectivity index (χ4n) is 10.5. The van der Waals surface area contributed by atoms with Gasteiger partial charge < -0.3 is 15.3 Å². The van der Waals surface area contributed by atoms with Crippen LogP contribution in [0.2, 0.25) is 0 Å². The number of aromatic nitrogens is 3. The number of nitrogens with zero attached hydrogens (tertiary/aromatic N) is 3. The van der Waals surface area contributed by atoms with Crippen LogP contribution in [0, 0.1) is 18.2 Å². The molecule has 0 bridgehead atoms. The fourth-order valence-corrected chi connectivity index (χ4v) is 13.7. The van der Waals surface area contributed by atoms with Crippen LogP contribution in [0.3, 0.4) is 0 Å². The van der Waals surface area contributed by atoms with E-state index in [4.69, 9.17) is 30.3 Å². The molecule has 0 saturated heterocycles. The van der Waals surface area contributed by atoms with E-state index in [1.54, 1.807) is 34.0 Å². The number of thiophene rings is 3. The number of hydrogen-bond donors (Lipinski definition) is 3. The van der Waals surface area contributed by atoms with E-state index in [1.165, 1.54) is 135 Å². The summed E-state index contributed by atoms with van der Waals surface area (Å²) in [4.78, 5) is 51.8. The van der Waals surface area contributed by atoms with Gasteiger partial charge in [-0.2, -0.15) is 0 Å². The van der Waals surface area contributed by atoms with Crippen molar-refractivity contribution in [3.63, 3.8) is 0 Å². The molecule has 0 atom stereocenters. The van der Waals surface area contributed by atoms with Crippen LogP contribution in [0.1, 0.15) is 168 Å². The van der Waals surface area contributed by atoms with Crippen LogP contribution in [0.15, 0.2) is 224 Å². The molecule has 6 aromatic carbocycles. The molecular weight excluding hydrogens is 1860 g/mol. The summed E-state index contributed by atoms with van der Waals surface area (Å²) in [5.74, 6) is 2.41. The van der Waals surface area contributed by atoms with E-state index >= 15 is 0 Å². The summed E-state index contributed by atoms with van der Waals surface area (Å²) in [6.07, 6.45) is 3.50. The summed E-state index contributed by atoms with van der Waals surface area (Å²) < 4.78 is 0. The molecule has 3 radical (unpaired) electrons. The van der Waals surface area contributed by atoms with Crippen molar-refractivity contribution in [3.8, 4) is 65.1 Å². The van der Waals surface area contributed by atoms with Crippen LogP contribution in [0.4, 0.5) is 0 Å². The summed E-state index contributed by atoms with van der Waals surface area (Å²) in [6.45, 7) is 31.1. The third kappa shape index (κ3) is 26.2. The number of carbonyl (C=O) groups excluding carboxylic acids is 3. The minimum atomic E-state index is -0.125. The predicted molar refractivity (Wildman–Crippen MR) is 420 cm³/mol. The third-order valence-electron chi connectivity index (χ3n) is 15.4. The van der Waals surface area contributed by atoms with E-state index in [2.05, 4.69) is 215 Å². The minimum Gasteiger partial charge on any atom is -0.512 e. The largest absolute Gasteiger partial charge is 0.512 e. The Balaban J connectivity index is 0.000000280. The molecule has 12 aromatic rings. The zero-order valence-electron chi connectivity index (χ0n) is 60.6. The van der Waals surface area contributed by atoms with Gasteiger partial charge in [-0.1, -0.05) is 166 Å². The third-order valence-corrected chi connectivity index (χ3v) is 18.7. The number of rotatable bonds is 14. The summed E-state index contributed by atoms with van der Waals surface area (Å²) in [5, 5.41) is 28.7. The van der Waals surface area contributed by atoms with Gasteiger partial charge in [0.1, 0.15) is 14.5 Å². The molecule has 3 N–H and O–H groups in total. The van der Waals surface area contributed by atoms with Crippen molar-refractivity contribution in [1.29, 1.82) is 0 Å². The van der Waals surface area contributed by atoms with Crippen LogP contribution in [0.5, 0.6) is 0 Å². The Bertz CT molecular complexity index is 4630. The summed E-state index contributed by atoms with van der Waals surface area (Å²) >= 11 is 5.32. The van der Waals surface area contributed by atoms with Crippen molar-refractivity contribution in [1.82, 2.24) is 15.0 Å². The number of aliphatic hydroxyl groups is 3. The van der Waals surface area contributed by atoms with Crippen LogP contribution in [0.25, 0.3) is 95.7 Å². The van der Waals surface area contributed by atoms with Crippen molar-refractivity contribution in [2.75, 3.05) is 0 Å². The second-order valence-corrected chi connectivity index (χ2v) is 28.8. The van der Waals surface area contributed by atoms with Crippen molar-refractivity contribution in [2.45, 2.75) is 140 Å². The number of allylic oxidation sites excluding steroid dienone is 6. The second kappa shape index (κ2) is 42.1. The van der Waals surface area contributed by atoms with Crippen LogP contribution in [-0.2, 0) is 74.7 Å². The number of fused-ring (bicyclic) bond motifs is 3. The molecule has 102 heavy (non-hydrogen) atoms. The summed E-state index contributed by atoms with van der Waals surface area (Å²) in [7, 11) is 0. The average Bonchev–Trinajstić information content (AvgIpc) is 1.62. The Kier molecular flexibility index (Phi) is 35.8. The molecule has 0 aliphatic heterocycles. The minimum absolute atomic E-state index is 0. The maximum atomic E-state index is 10.0. The molecule has 9 nitrogen and oxygen atoms in total. The second-order valence-electron chi connectivity index (χ2n) is 25.7. The molecule has 15 heteroatoms. The number of hydrogen-bond acceptors (Lipinski definition) is 12. The van der Waals surface area contributed by atoms with Gasteiger partial charge in [0.25, 0.3) is 0 Å². The Morgan fingerprint density at radius 1 is 0.353 bits per heavy atom. The number of carbonyl (C=O) groups is 3. The van der Waals surface area contributed by atoms with Crippen molar-refractivity contribution >= 4 is 82.0 Å². The predicted octanol–water partition coefficient (Wildman–Crippen LogP) is 25.0. The van der Waals surface area contributed by atoms with E-state index in [0.717, 1.165) is 48.3 Å². The van der Waals surface area contributed by atoms with Gasteiger partial charge in [0.15, 0.2) is 17.3 Å². The van der Waals surface area contributed by atoms with Gasteiger partial charge in [0, 0.05) is 109 Å². The molecule has 6 heterocycles. The molecule has 0 aliphatic carbocycles. The molecule has 0 fully saturated rings. The quantitative estimate of drug-likeness (QED) is 0.0549. The van der Waals surface area contributed by atoms with E-state index < -0.39 is 0 Å². The molecule has 0 spiro atoms. The van der Waals surface area contributed by atoms with E-state index in [-0.39, 0.29) is 94.9 Å².